The van der Waals surface area contributed by atoms with Crippen LogP contribution in [0.25, 0.3) is 5.65 Å². The van der Waals surface area contributed by atoms with Gasteiger partial charge in [0.25, 0.3) is 0 Å². The highest BCUT2D eigenvalue weighted by Gasteiger charge is 2.38. The monoisotopic (exact) mass is 380 g/mol. The molecule has 3 aromatic rings. The number of aryl methyl sites for hydroxylation is 1. The Bertz CT molecular complexity index is 992. The molecule has 0 atom stereocenters. The summed E-state index contributed by atoms with van der Waals surface area (Å²) in [6.45, 7) is 3.38. The second kappa shape index (κ2) is 7.02. The zero-order chi connectivity index (χ0) is 19.8. The Hall–Kier alpha value is -2.90. The Morgan fingerprint density at radius 2 is 1.85 bits per heavy atom. The smallest absolute Gasteiger partial charge is 0.435 e. The van der Waals surface area contributed by atoms with Gasteiger partial charge in [0.1, 0.15) is 11.5 Å². The number of pyridine rings is 1. The van der Waals surface area contributed by atoms with E-state index in [4.69, 9.17) is 4.74 Å². The summed E-state index contributed by atoms with van der Waals surface area (Å²) in [5.41, 5.74) is -0.0439. The zero-order valence-electron chi connectivity index (χ0n) is 14.6. The van der Waals surface area contributed by atoms with Crippen molar-refractivity contribution in [3.05, 3.63) is 70.4 Å². The van der Waals surface area contributed by atoms with Gasteiger partial charge in [-0.2, -0.15) is 13.2 Å². The molecule has 142 valence electrons. The number of imidazole rings is 1. The second-order valence-corrected chi connectivity index (χ2v) is 6.01. The molecule has 0 aliphatic carbocycles. The van der Waals surface area contributed by atoms with Gasteiger partial charge in [0.15, 0.2) is 5.69 Å². The van der Waals surface area contributed by atoms with Gasteiger partial charge < -0.3 is 9.14 Å². The van der Waals surface area contributed by atoms with Gasteiger partial charge in [0, 0.05) is 12.1 Å². The molecule has 0 aliphatic heterocycles. The van der Waals surface area contributed by atoms with Crippen LogP contribution in [0.5, 0.6) is 0 Å². The van der Waals surface area contributed by atoms with E-state index in [2.05, 4.69) is 4.98 Å². The number of ether oxygens (including phenoxy) is 1. The molecule has 27 heavy (non-hydrogen) atoms. The van der Waals surface area contributed by atoms with Crippen LogP contribution in [-0.2, 0) is 17.3 Å². The number of hydrogen-bond donors (Lipinski definition) is 0. The quantitative estimate of drug-likeness (QED) is 0.492. The lowest BCUT2D eigenvalue weighted by molar-refractivity contribution is -0.141. The average Bonchev–Trinajstić information content (AvgIpc) is 2.96. The molecule has 0 N–H and O–H groups in total. The molecule has 0 bridgehead atoms. The lowest BCUT2D eigenvalue weighted by atomic mass is 10.1. The first-order valence-corrected chi connectivity index (χ1v) is 8.21. The SMILES string of the molecule is CCOC(=O)c1cc(C)n2c(Cc3ccc(F)cc3)c(C(F)(F)F)nc2c1. The third-order valence-electron chi connectivity index (χ3n) is 4.06. The van der Waals surface area contributed by atoms with E-state index >= 15 is 0 Å². The Morgan fingerprint density at radius 3 is 2.44 bits per heavy atom. The average molecular weight is 380 g/mol. The molecule has 8 heteroatoms. The molecule has 0 aliphatic rings. The minimum absolute atomic E-state index is 0.00231. The number of rotatable bonds is 4. The van der Waals surface area contributed by atoms with E-state index in [9.17, 15) is 22.4 Å². The first-order valence-electron chi connectivity index (χ1n) is 8.21. The van der Waals surface area contributed by atoms with E-state index in [1.165, 1.54) is 40.8 Å². The van der Waals surface area contributed by atoms with E-state index in [0.29, 0.717) is 11.3 Å². The van der Waals surface area contributed by atoms with Crippen LogP contribution in [0.4, 0.5) is 17.6 Å². The Kier molecular flexibility index (Phi) is 4.91. The van der Waals surface area contributed by atoms with Crippen LogP contribution < -0.4 is 0 Å². The Balaban J connectivity index is 2.17. The minimum atomic E-state index is -4.67. The number of carbonyl (C=O) groups is 1. The fourth-order valence-electron chi connectivity index (χ4n) is 2.95. The van der Waals surface area contributed by atoms with Gasteiger partial charge in [0.2, 0.25) is 0 Å². The molecule has 0 radical (unpaired) electrons. The molecular weight excluding hydrogens is 364 g/mol. The predicted octanol–water partition coefficient (Wildman–Crippen LogP) is 4.57. The molecule has 2 aromatic heterocycles. The van der Waals surface area contributed by atoms with Crippen LogP contribution in [0.3, 0.4) is 0 Å². The van der Waals surface area contributed by atoms with Crippen LogP contribution in [0.1, 0.15) is 39.9 Å². The number of nitrogens with zero attached hydrogens (tertiary/aromatic N) is 2. The van der Waals surface area contributed by atoms with Crippen molar-refractivity contribution in [1.29, 1.82) is 0 Å². The number of hydrogen-bond acceptors (Lipinski definition) is 3. The summed E-state index contributed by atoms with van der Waals surface area (Å²) in [6, 6.07) is 7.97. The normalized spacial score (nSPS) is 11.8. The zero-order valence-corrected chi connectivity index (χ0v) is 14.6. The van der Waals surface area contributed by atoms with Crippen LogP contribution in [-0.4, -0.2) is 22.0 Å². The van der Waals surface area contributed by atoms with E-state index in [0.717, 1.165) is 0 Å². The van der Waals surface area contributed by atoms with Gasteiger partial charge >= 0.3 is 12.1 Å². The number of aromatic nitrogens is 2. The maximum absolute atomic E-state index is 13.5. The summed E-state index contributed by atoms with van der Waals surface area (Å²) in [5, 5.41) is 0. The fraction of sp³-hybridized carbons (Fsp3) is 0.263. The van der Waals surface area contributed by atoms with Crippen molar-refractivity contribution in [1.82, 2.24) is 9.38 Å². The summed E-state index contributed by atoms with van der Waals surface area (Å²) < 4.78 is 60.0. The number of esters is 1. The van der Waals surface area contributed by atoms with Crippen LogP contribution in [0.2, 0.25) is 0 Å². The third kappa shape index (κ3) is 3.79. The van der Waals surface area contributed by atoms with Crippen molar-refractivity contribution in [3.8, 4) is 0 Å². The maximum Gasteiger partial charge on any atom is 0.435 e. The molecule has 0 fully saturated rings. The fourth-order valence-corrected chi connectivity index (χ4v) is 2.95. The van der Waals surface area contributed by atoms with Gasteiger partial charge in [-0.3, -0.25) is 0 Å². The summed E-state index contributed by atoms with van der Waals surface area (Å²) >= 11 is 0. The van der Waals surface area contributed by atoms with Crippen molar-refractivity contribution < 1.29 is 27.1 Å². The molecule has 0 spiro atoms. The molecule has 0 amide bonds. The molecule has 0 unspecified atom stereocenters. The summed E-state index contributed by atoms with van der Waals surface area (Å²) in [4.78, 5) is 15.7. The standard InChI is InChI=1S/C19H16F4N2O2/c1-3-27-18(26)13-8-11(2)25-15(9-12-4-6-14(20)7-5-12)17(19(21,22)23)24-16(25)10-13/h4-8,10H,3,9H2,1-2H3. The van der Waals surface area contributed by atoms with Crippen molar-refractivity contribution in [2.75, 3.05) is 6.61 Å². The molecule has 4 nitrogen and oxygen atoms in total. The minimum Gasteiger partial charge on any atom is -0.462 e. The van der Waals surface area contributed by atoms with Crippen LogP contribution in [0, 0.1) is 12.7 Å². The molecule has 0 saturated carbocycles. The highest BCUT2D eigenvalue weighted by atomic mass is 19.4. The first kappa shape index (κ1) is 18.9. The third-order valence-corrected chi connectivity index (χ3v) is 4.06. The Morgan fingerprint density at radius 1 is 1.19 bits per heavy atom. The van der Waals surface area contributed by atoms with Gasteiger partial charge in [-0.05, 0) is 43.7 Å². The summed E-state index contributed by atoms with van der Waals surface area (Å²) in [7, 11) is 0. The maximum atomic E-state index is 13.5. The first-order chi connectivity index (χ1) is 12.7. The van der Waals surface area contributed by atoms with E-state index in [1.54, 1.807) is 13.8 Å². The largest absolute Gasteiger partial charge is 0.462 e. The van der Waals surface area contributed by atoms with E-state index in [1.807, 2.05) is 0 Å². The second-order valence-electron chi connectivity index (χ2n) is 6.01. The molecule has 1 aromatic carbocycles. The molecular formula is C19H16F4N2O2. The number of halogens is 4. The number of carbonyl (C=O) groups excluding carboxylic acids is 1. The highest BCUT2D eigenvalue weighted by molar-refractivity contribution is 5.90. The van der Waals surface area contributed by atoms with Gasteiger partial charge in [-0.1, -0.05) is 12.1 Å². The number of alkyl halides is 3. The summed E-state index contributed by atoms with van der Waals surface area (Å²) in [5.74, 6) is -1.09. The summed E-state index contributed by atoms with van der Waals surface area (Å²) in [6.07, 6.45) is -4.76. The van der Waals surface area contributed by atoms with Gasteiger partial charge in [0.05, 0.1) is 17.9 Å². The number of benzene rings is 1. The molecule has 3 rings (SSSR count). The van der Waals surface area contributed by atoms with Crippen LogP contribution >= 0.6 is 0 Å². The van der Waals surface area contributed by atoms with Crippen LogP contribution in [0.15, 0.2) is 36.4 Å². The van der Waals surface area contributed by atoms with Crippen molar-refractivity contribution in [2.24, 2.45) is 0 Å². The van der Waals surface area contributed by atoms with E-state index in [-0.39, 0.29) is 29.9 Å². The van der Waals surface area contributed by atoms with Crippen molar-refractivity contribution in [3.63, 3.8) is 0 Å². The number of fused-ring (bicyclic) bond motifs is 1. The van der Waals surface area contributed by atoms with Crippen molar-refractivity contribution in [2.45, 2.75) is 26.4 Å². The highest BCUT2D eigenvalue weighted by Crippen LogP contribution is 2.34. The van der Waals surface area contributed by atoms with Crippen molar-refractivity contribution >= 4 is 11.6 Å². The lowest BCUT2D eigenvalue weighted by Gasteiger charge is -2.11. The molecule has 2 heterocycles. The Labute approximate surface area is 152 Å². The lowest BCUT2D eigenvalue weighted by Crippen LogP contribution is -2.11. The van der Waals surface area contributed by atoms with Gasteiger partial charge in [-0.25, -0.2) is 14.2 Å². The predicted molar refractivity (Wildman–Crippen MR) is 90.1 cm³/mol. The van der Waals surface area contributed by atoms with E-state index < -0.39 is 23.7 Å². The molecule has 0 saturated heterocycles. The topological polar surface area (TPSA) is 43.6 Å². The van der Waals surface area contributed by atoms with Gasteiger partial charge in [-0.15, -0.1) is 0 Å².